The maximum atomic E-state index is 4.75. The summed E-state index contributed by atoms with van der Waals surface area (Å²) < 4.78 is 0. The van der Waals surface area contributed by atoms with Crippen molar-refractivity contribution < 1.29 is 17.0 Å². The molecule has 3 rings (SSSR count). The Balaban J connectivity index is 0.000001000. The van der Waals surface area contributed by atoms with Gasteiger partial charge < -0.3 is 27.4 Å². The van der Waals surface area contributed by atoms with Gasteiger partial charge in [-0.15, -0.1) is 0 Å². The Kier molecular flexibility index (Phi) is 7.19. The molecule has 1 aliphatic heterocycles. The molecule has 2 aromatic rings. The summed E-state index contributed by atoms with van der Waals surface area (Å²) in [4.78, 5) is 0. The zero-order chi connectivity index (χ0) is 12.4. The molecule has 0 amide bonds. The van der Waals surface area contributed by atoms with Gasteiger partial charge >= 0.3 is 23.1 Å². The number of rotatable bonds is 2. The summed E-state index contributed by atoms with van der Waals surface area (Å²) >= 11 is 0. The van der Waals surface area contributed by atoms with E-state index in [1.807, 2.05) is 0 Å². The zero-order valence-electron chi connectivity index (χ0n) is 11.6. The van der Waals surface area contributed by atoms with Gasteiger partial charge in [-0.2, -0.15) is 0 Å². The van der Waals surface area contributed by atoms with E-state index < -0.39 is 0 Å². The van der Waals surface area contributed by atoms with E-state index in [0.717, 1.165) is 6.42 Å². The topological polar surface area (TPSA) is 17.3 Å². The van der Waals surface area contributed by atoms with Crippen molar-refractivity contribution in [2.24, 2.45) is 0 Å². The van der Waals surface area contributed by atoms with Crippen molar-refractivity contribution in [2.45, 2.75) is 18.5 Å². The minimum Gasteiger partial charge on any atom is -1.00 e. The molecule has 0 aromatic heterocycles. The molecule has 1 fully saturated rings. The van der Waals surface area contributed by atoms with Crippen LogP contribution in [0.4, 0.5) is 0 Å². The van der Waals surface area contributed by atoms with Gasteiger partial charge in [0.05, 0.1) is 0 Å². The van der Waals surface area contributed by atoms with Crippen molar-refractivity contribution in [3.8, 4) is 0 Å². The Bertz CT molecular complexity index is 506. The monoisotopic (exact) mass is 340 g/mol. The van der Waals surface area contributed by atoms with Gasteiger partial charge in [-0.25, -0.2) is 0 Å². The van der Waals surface area contributed by atoms with E-state index in [1.165, 1.54) is 11.1 Å². The van der Waals surface area contributed by atoms with E-state index >= 15 is 0 Å². The molecule has 0 bridgehead atoms. The summed E-state index contributed by atoms with van der Waals surface area (Å²) in [5.74, 6) is 0. The van der Waals surface area contributed by atoms with Gasteiger partial charge in [0.2, 0.25) is 0 Å². The SMILES string of the molecule is CN1[N-][C@@H](c2ccccc2)C[C@@H]1c1ccccc1.[Br-].[Mg+2]. The first-order valence-corrected chi connectivity index (χ1v) is 6.38. The smallest absolute Gasteiger partial charge is 1.00 e. The van der Waals surface area contributed by atoms with Crippen LogP contribution in [0.3, 0.4) is 0 Å². The van der Waals surface area contributed by atoms with Crippen molar-refractivity contribution in [3.63, 3.8) is 0 Å². The Morgan fingerprint density at radius 1 is 0.900 bits per heavy atom. The molecule has 2 atom stereocenters. The van der Waals surface area contributed by atoms with Crippen LogP contribution in [0.5, 0.6) is 0 Å². The van der Waals surface area contributed by atoms with Crippen LogP contribution in [0.1, 0.15) is 29.6 Å². The van der Waals surface area contributed by atoms with E-state index in [0.29, 0.717) is 12.1 Å². The molecular weight excluding hydrogens is 324 g/mol. The molecule has 2 nitrogen and oxygen atoms in total. The Labute approximate surface area is 147 Å². The molecule has 0 N–H and O–H groups in total. The molecule has 1 saturated heterocycles. The van der Waals surface area contributed by atoms with Crippen LogP contribution in [0.15, 0.2) is 60.7 Å². The summed E-state index contributed by atoms with van der Waals surface area (Å²) in [5.41, 5.74) is 7.41. The van der Waals surface area contributed by atoms with Crippen molar-refractivity contribution in [1.82, 2.24) is 5.01 Å². The quantitative estimate of drug-likeness (QED) is 0.736. The maximum absolute atomic E-state index is 4.75. The standard InChI is InChI=1S/C16H17N2.BrH.Mg/c1-18-16(14-10-6-3-7-11-14)12-15(17-18)13-8-4-2-5-9-13;;/h2-11,15-16H,12H2,1H3;1H;/q-1;;+2/p-1/t15-,16-;;/m1../s1. The van der Waals surface area contributed by atoms with Crippen LogP contribution in [-0.2, 0) is 0 Å². The minimum absolute atomic E-state index is 0. The molecule has 0 aliphatic carbocycles. The van der Waals surface area contributed by atoms with Crippen LogP contribution in [0, 0.1) is 0 Å². The second kappa shape index (κ2) is 8.15. The third-order valence-electron chi connectivity index (χ3n) is 3.59. The van der Waals surface area contributed by atoms with Crippen molar-refractivity contribution in [1.29, 1.82) is 0 Å². The molecule has 100 valence electrons. The first-order valence-electron chi connectivity index (χ1n) is 6.38. The average molecular weight is 342 g/mol. The van der Waals surface area contributed by atoms with Crippen molar-refractivity contribution >= 4 is 23.1 Å². The second-order valence-corrected chi connectivity index (χ2v) is 4.78. The molecular formula is C16H17BrMgN2. The Morgan fingerprint density at radius 3 is 1.95 bits per heavy atom. The van der Waals surface area contributed by atoms with Crippen LogP contribution < -0.4 is 17.0 Å². The molecule has 20 heavy (non-hydrogen) atoms. The van der Waals surface area contributed by atoms with Crippen LogP contribution in [0.25, 0.3) is 5.43 Å². The number of halogens is 1. The normalized spacial score (nSPS) is 21.9. The van der Waals surface area contributed by atoms with Crippen LogP contribution >= 0.6 is 0 Å². The third-order valence-corrected chi connectivity index (χ3v) is 3.59. The first kappa shape index (κ1) is 17.7. The number of benzene rings is 2. The van der Waals surface area contributed by atoms with Gasteiger partial charge in [0.15, 0.2) is 0 Å². The number of hydrogen-bond donors (Lipinski definition) is 0. The van der Waals surface area contributed by atoms with E-state index in [2.05, 4.69) is 72.7 Å². The summed E-state index contributed by atoms with van der Waals surface area (Å²) in [5, 5.41) is 2.10. The molecule has 4 heteroatoms. The molecule has 1 heterocycles. The largest absolute Gasteiger partial charge is 2.00 e. The average Bonchev–Trinajstić information content (AvgIpc) is 2.83. The predicted octanol–water partition coefficient (Wildman–Crippen LogP) is 0.716. The van der Waals surface area contributed by atoms with E-state index in [-0.39, 0.29) is 40.0 Å². The minimum atomic E-state index is 0. The first-order chi connectivity index (χ1) is 8.84. The fraction of sp³-hybridized carbons (Fsp3) is 0.250. The van der Waals surface area contributed by atoms with Gasteiger partial charge in [-0.05, 0) is 19.0 Å². The number of hydrogen-bond acceptors (Lipinski definition) is 1. The molecule has 0 saturated carbocycles. The molecule has 0 radical (unpaired) electrons. The van der Waals surface area contributed by atoms with E-state index in [4.69, 9.17) is 5.43 Å². The Hall–Kier alpha value is -0.394. The van der Waals surface area contributed by atoms with Gasteiger partial charge in [-0.3, -0.25) is 0 Å². The van der Waals surface area contributed by atoms with Gasteiger partial charge in [0.25, 0.3) is 0 Å². The van der Waals surface area contributed by atoms with Crippen molar-refractivity contribution in [3.05, 3.63) is 77.2 Å². The van der Waals surface area contributed by atoms with Crippen LogP contribution in [-0.4, -0.2) is 35.1 Å². The molecule has 2 aromatic carbocycles. The zero-order valence-corrected chi connectivity index (χ0v) is 14.6. The third kappa shape index (κ3) is 3.83. The maximum Gasteiger partial charge on any atom is 2.00 e. The summed E-state index contributed by atoms with van der Waals surface area (Å²) in [6.45, 7) is 0. The molecule has 0 spiro atoms. The van der Waals surface area contributed by atoms with Crippen molar-refractivity contribution in [2.75, 3.05) is 7.05 Å². The van der Waals surface area contributed by atoms with E-state index in [1.54, 1.807) is 0 Å². The van der Waals surface area contributed by atoms with Gasteiger partial charge in [0, 0.05) is 6.04 Å². The van der Waals surface area contributed by atoms with Gasteiger partial charge in [0.1, 0.15) is 0 Å². The molecule has 1 aliphatic rings. The summed E-state index contributed by atoms with van der Waals surface area (Å²) in [6, 6.07) is 21.9. The fourth-order valence-corrected chi connectivity index (χ4v) is 2.62. The molecule has 0 unspecified atom stereocenters. The number of nitrogens with zero attached hydrogens (tertiary/aromatic N) is 2. The van der Waals surface area contributed by atoms with Gasteiger partial charge in [-0.1, -0.05) is 72.3 Å². The Morgan fingerprint density at radius 2 is 1.40 bits per heavy atom. The summed E-state index contributed by atoms with van der Waals surface area (Å²) in [6.07, 6.45) is 1.06. The second-order valence-electron chi connectivity index (χ2n) is 4.78. The fourth-order valence-electron chi connectivity index (χ4n) is 2.62. The summed E-state index contributed by atoms with van der Waals surface area (Å²) in [7, 11) is 2.07. The predicted molar refractivity (Wildman–Crippen MR) is 79.9 cm³/mol. The van der Waals surface area contributed by atoms with E-state index in [9.17, 15) is 0 Å². The van der Waals surface area contributed by atoms with Crippen LogP contribution in [0.2, 0.25) is 0 Å².